The third-order valence-corrected chi connectivity index (χ3v) is 4.65. The molecule has 0 spiro atoms. The molecule has 2 amide bonds. The van der Waals surface area contributed by atoms with Crippen LogP contribution in [-0.2, 0) is 11.3 Å². The highest BCUT2D eigenvalue weighted by molar-refractivity contribution is 5.97. The molecule has 28 heavy (non-hydrogen) atoms. The fourth-order valence-electron chi connectivity index (χ4n) is 3.16. The third kappa shape index (κ3) is 3.62. The lowest BCUT2D eigenvalue weighted by Crippen LogP contribution is -2.38. The van der Waals surface area contributed by atoms with Crippen LogP contribution in [0.25, 0.3) is 0 Å². The van der Waals surface area contributed by atoms with Crippen LogP contribution in [0.5, 0.6) is 5.75 Å². The Balaban J connectivity index is 1.46. The molecule has 1 N–H and O–H groups in total. The fourth-order valence-corrected chi connectivity index (χ4v) is 3.16. The number of carbonyl (C=O) groups is 2. The highest BCUT2D eigenvalue weighted by Gasteiger charge is 2.26. The zero-order valence-electron chi connectivity index (χ0n) is 15.4. The maximum Gasteiger partial charge on any atom is 0.287 e. The van der Waals surface area contributed by atoms with E-state index in [2.05, 4.69) is 5.32 Å². The van der Waals surface area contributed by atoms with Crippen molar-refractivity contribution in [3.8, 4) is 5.75 Å². The van der Waals surface area contributed by atoms with Crippen LogP contribution >= 0.6 is 0 Å². The summed E-state index contributed by atoms with van der Waals surface area (Å²) in [5.74, 6) is 0.952. The van der Waals surface area contributed by atoms with E-state index in [1.54, 1.807) is 17.0 Å². The van der Waals surface area contributed by atoms with Crippen molar-refractivity contribution in [2.45, 2.75) is 19.5 Å². The number of ether oxygens (including phenoxy) is 1. The van der Waals surface area contributed by atoms with Gasteiger partial charge in [0.2, 0.25) is 0 Å². The number of fused-ring (bicyclic) bond motifs is 1. The average molecular weight is 376 g/mol. The van der Waals surface area contributed by atoms with Crippen molar-refractivity contribution in [2.24, 2.45) is 0 Å². The number of amides is 2. The van der Waals surface area contributed by atoms with E-state index in [1.165, 1.54) is 0 Å². The summed E-state index contributed by atoms with van der Waals surface area (Å²) in [7, 11) is 0. The maximum atomic E-state index is 12.5. The van der Waals surface area contributed by atoms with Crippen LogP contribution in [0.15, 0.2) is 71.1 Å². The molecular formula is C22H20N2O4. The molecule has 142 valence electrons. The van der Waals surface area contributed by atoms with E-state index >= 15 is 0 Å². The first-order valence-corrected chi connectivity index (χ1v) is 9.08. The normalized spacial score (nSPS) is 14.2. The average Bonchev–Trinajstić information content (AvgIpc) is 3.20. The molecule has 1 aliphatic rings. The van der Waals surface area contributed by atoms with Gasteiger partial charge in [-0.05, 0) is 36.8 Å². The molecule has 1 atom stereocenters. The molecule has 3 aromatic rings. The van der Waals surface area contributed by atoms with E-state index in [9.17, 15) is 9.59 Å². The molecule has 0 bridgehead atoms. The van der Waals surface area contributed by atoms with Gasteiger partial charge in [-0.2, -0.15) is 0 Å². The van der Waals surface area contributed by atoms with Gasteiger partial charge in [0, 0.05) is 0 Å². The quantitative estimate of drug-likeness (QED) is 0.737. The fraction of sp³-hybridized carbons (Fsp3) is 0.182. The van der Waals surface area contributed by atoms with Crippen LogP contribution in [0.1, 0.15) is 34.8 Å². The molecule has 1 aliphatic heterocycles. The first kappa shape index (κ1) is 17.9. The molecule has 4 rings (SSSR count). The van der Waals surface area contributed by atoms with E-state index < -0.39 is 0 Å². The van der Waals surface area contributed by atoms with E-state index in [1.807, 2.05) is 61.5 Å². The van der Waals surface area contributed by atoms with E-state index in [-0.39, 0.29) is 36.8 Å². The van der Waals surface area contributed by atoms with Crippen LogP contribution in [0.3, 0.4) is 0 Å². The lowest BCUT2D eigenvalue weighted by Gasteiger charge is -2.28. The van der Waals surface area contributed by atoms with Crippen LogP contribution in [0.4, 0.5) is 5.69 Å². The number of para-hydroxylation sites is 2. The molecule has 2 heterocycles. The van der Waals surface area contributed by atoms with Gasteiger partial charge in [-0.1, -0.05) is 42.5 Å². The Labute approximate surface area is 162 Å². The maximum absolute atomic E-state index is 12.5. The van der Waals surface area contributed by atoms with Crippen molar-refractivity contribution < 1.29 is 18.7 Å². The smallest absolute Gasteiger partial charge is 0.287 e. The van der Waals surface area contributed by atoms with Crippen molar-refractivity contribution in [2.75, 3.05) is 11.5 Å². The molecule has 0 aliphatic carbocycles. The predicted molar refractivity (Wildman–Crippen MR) is 104 cm³/mol. The van der Waals surface area contributed by atoms with Gasteiger partial charge in [-0.25, -0.2) is 0 Å². The molecule has 6 heteroatoms. The minimum Gasteiger partial charge on any atom is -0.482 e. The number of rotatable bonds is 5. The number of nitrogens with one attached hydrogen (secondary N) is 1. The van der Waals surface area contributed by atoms with Gasteiger partial charge in [0.1, 0.15) is 11.5 Å². The first-order valence-electron chi connectivity index (χ1n) is 9.08. The minimum atomic E-state index is -0.295. The highest BCUT2D eigenvalue weighted by Crippen LogP contribution is 2.32. The summed E-state index contributed by atoms with van der Waals surface area (Å²) < 4.78 is 11.1. The van der Waals surface area contributed by atoms with Gasteiger partial charge in [-0.3, -0.25) is 14.5 Å². The predicted octanol–water partition coefficient (Wildman–Crippen LogP) is 3.70. The largest absolute Gasteiger partial charge is 0.482 e. The Morgan fingerprint density at radius 3 is 2.64 bits per heavy atom. The number of benzene rings is 2. The monoisotopic (exact) mass is 376 g/mol. The van der Waals surface area contributed by atoms with E-state index in [0.717, 1.165) is 5.56 Å². The van der Waals surface area contributed by atoms with Crippen molar-refractivity contribution in [1.82, 2.24) is 5.32 Å². The van der Waals surface area contributed by atoms with Crippen LogP contribution in [0, 0.1) is 0 Å². The summed E-state index contributed by atoms with van der Waals surface area (Å²) >= 11 is 0. The van der Waals surface area contributed by atoms with Gasteiger partial charge < -0.3 is 14.5 Å². The van der Waals surface area contributed by atoms with Gasteiger partial charge in [0.25, 0.3) is 11.8 Å². The topological polar surface area (TPSA) is 71.8 Å². The lowest BCUT2D eigenvalue weighted by atomic mass is 10.1. The summed E-state index contributed by atoms with van der Waals surface area (Å²) in [5, 5.41) is 2.92. The second-order valence-electron chi connectivity index (χ2n) is 6.61. The standard InChI is InChI=1S/C22H20N2O4/c1-15(16-7-3-2-4-8-16)23-22(26)20-12-11-17(28-20)13-24-18-9-5-6-10-19(18)27-14-21(24)25/h2-12,15H,13-14H2,1H3,(H,23,26)/t15-/m0/s1. The van der Waals surface area contributed by atoms with E-state index in [0.29, 0.717) is 17.2 Å². The first-order chi connectivity index (χ1) is 13.6. The third-order valence-electron chi connectivity index (χ3n) is 4.65. The van der Waals surface area contributed by atoms with Gasteiger partial charge in [0.15, 0.2) is 12.4 Å². The summed E-state index contributed by atoms with van der Waals surface area (Å²) in [6.07, 6.45) is 0. The molecule has 1 aromatic heterocycles. The number of hydrogen-bond donors (Lipinski definition) is 1. The number of hydrogen-bond acceptors (Lipinski definition) is 4. The SMILES string of the molecule is C[C@H](NC(=O)c1ccc(CN2C(=O)COc3ccccc32)o1)c1ccccc1. The lowest BCUT2D eigenvalue weighted by molar-refractivity contribution is -0.121. The van der Waals surface area contributed by atoms with E-state index in [4.69, 9.17) is 9.15 Å². The molecule has 2 aromatic carbocycles. The molecule has 0 unspecified atom stereocenters. The Bertz CT molecular complexity index is 997. The summed E-state index contributed by atoms with van der Waals surface area (Å²) in [6, 6.07) is 20.3. The van der Waals surface area contributed by atoms with Gasteiger partial charge in [0.05, 0.1) is 18.3 Å². The Hall–Kier alpha value is -3.54. The van der Waals surface area contributed by atoms with Crippen molar-refractivity contribution in [1.29, 1.82) is 0 Å². The summed E-state index contributed by atoms with van der Waals surface area (Å²) in [5.41, 5.74) is 1.71. The van der Waals surface area contributed by atoms with Crippen LogP contribution < -0.4 is 15.0 Å². The Kier molecular flexibility index (Phi) is 4.85. The summed E-state index contributed by atoms with van der Waals surface area (Å²) in [6.45, 7) is 2.14. The molecule has 0 fully saturated rings. The number of carbonyl (C=O) groups excluding carboxylic acids is 2. The molecule has 0 radical (unpaired) electrons. The van der Waals surface area contributed by atoms with Crippen LogP contribution in [0.2, 0.25) is 0 Å². The number of anilines is 1. The van der Waals surface area contributed by atoms with Crippen molar-refractivity contribution in [3.63, 3.8) is 0 Å². The molecule has 0 saturated heterocycles. The Morgan fingerprint density at radius 1 is 1.07 bits per heavy atom. The molecular weight excluding hydrogens is 356 g/mol. The number of furan rings is 1. The molecule has 6 nitrogen and oxygen atoms in total. The zero-order valence-corrected chi connectivity index (χ0v) is 15.4. The van der Waals surface area contributed by atoms with Crippen molar-refractivity contribution >= 4 is 17.5 Å². The van der Waals surface area contributed by atoms with Gasteiger partial charge >= 0.3 is 0 Å². The second-order valence-corrected chi connectivity index (χ2v) is 6.61. The summed E-state index contributed by atoms with van der Waals surface area (Å²) in [4.78, 5) is 26.4. The van der Waals surface area contributed by atoms with Gasteiger partial charge in [-0.15, -0.1) is 0 Å². The van der Waals surface area contributed by atoms with Crippen LogP contribution in [-0.4, -0.2) is 18.4 Å². The van der Waals surface area contributed by atoms with Crippen molar-refractivity contribution in [3.05, 3.63) is 83.8 Å². The zero-order chi connectivity index (χ0) is 19.5. The highest BCUT2D eigenvalue weighted by atomic mass is 16.5. The number of nitrogens with zero attached hydrogens (tertiary/aromatic N) is 1. The minimum absolute atomic E-state index is 0.0142. The second kappa shape index (κ2) is 7.60. The molecule has 0 saturated carbocycles. The Morgan fingerprint density at radius 2 is 1.82 bits per heavy atom.